The average molecular weight is 609 g/mol. The van der Waals surface area contributed by atoms with E-state index in [1.54, 1.807) is 23.2 Å². The normalized spacial score (nSPS) is 14.3. The van der Waals surface area contributed by atoms with Crippen molar-refractivity contribution in [1.82, 2.24) is 24.3 Å². The highest BCUT2D eigenvalue weighted by atomic mass is 19.1. The van der Waals surface area contributed by atoms with Crippen LogP contribution in [0.2, 0.25) is 0 Å². The summed E-state index contributed by atoms with van der Waals surface area (Å²) in [5.74, 6) is -1.26. The number of imidazole rings is 1. The fourth-order valence-electron chi connectivity index (χ4n) is 5.37. The summed E-state index contributed by atoms with van der Waals surface area (Å²) in [5.41, 5.74) is 1.48. The Morgan fingerprint density at radius 3 is 2.64 bits per heavy atom. The van der Waals surface area contributed by atoms with Gasteiger partial charge in [-0.15, -0.1) is 0 Å². The molecule has 11 nitrogen and oxygen atoms in total. The standard InChI is InChI=1S/C32H41FN6O5/c1-32(2,3)18-22-16-23(33)17-25-28(22)36-26(34-25)20-39-15-9-11-24(30(39)42)35-29(41)21(19-37(4)31(43)44)10-5-6-12-27(40)38-13-7-8-14-38/h6,9,11-12,15-17,21H,5,7-8,10,13-14,18-20H2,1-4H3,(H,34,36)(H,35,41)(H,43,44)/b12-6+/t21-/m0/s1. The van der Waals surface area contributed by atoms with Gasteiger partial charge in [0.05, 0.1) is 23.5 Å². The Bertz CT molecular complexity index is 1600. The molecule has 2 aromatic heterocycles. The number of fused-ring (bicyclic) bond motifs is 1. The molecule has 0 unspecified atom stereocenters. The highest BCUT2D eigenvalue weighted by molar-refractivity contribution is 5.92. The zero-order valence-electron chi connectivity index (χ0n) is 25.7. The molecule has 0 bridgehead atoms. The van der Waals surface area contributed by atoms with Crippen molar-refractivity contribution in [2.45, 2.75) is 59.4 Å². The lowest BCUT2D eigenvalue weighted by molar-refractivity contribution is -0.125. The van der Waals surface area contributed by atoms with Crippen LogP contribution in [-0.2, 0) is 22.6 Å². The van der Waals surface area contributed by atoms with Gasteiger partial charge in [-0.2, -0.15) is 0 Å². The van der Waals surface area contributed by atoms with Gasteiger partial charge in [0.15, 0.2) is 0 Å². The summed E-state index contributed by atoms with van der Waals surface area (Å²) in [4.78, 5) is 60.9. The number of carbonyl (C=O) groups is 3. The predicted octanol–water partition coefficient (Wildman–Crippen LogP) is 4.62. The fraction of sp³-hybridized carbons (Fsp3) is 0.469. The SMILES string of the molecule is CN(C[C@H](CC/C=C/C(=O)N1CCCC1)C(=O)Nc1cccn(Cc2nc3cc(F)cc(CC(C)(C)C)c3[nH]2)c1=O)C(=O)O. The third-order valence-corrected chi connectivity index (χ3v) is 7.56. The first kappa shape index (κ1) is 32.4. The fourth-order valence-corrected chi connectivity index (χ4v) is 5.37. The summed E-state index contributed by atoms with van der Waals surface area (Å²) >= 11 is 0. The van der Waals surface area contributed by atoms with Gasteiger partial charge in [-0.1, -0.05) is 26.8 Å². The quantitative estimate of drug-likeness (QED) is 0.271. The molecule has 0 aliphatic carbocycles. The van der Waals surface area contributed by atoms with Crippen LogP contribution in [0.25, 0.3) is 11.0 Å². The lowest BCUT2D eigenvalue weighted by Crippen LogP contribution is -2.37. The Balaban J connectivity index is 1.48. The summed E-state index contributed by atoms with van der Waals surface area (Å²) < 4.78 is 15.7. The van der Waals surface area contributed by atoms with Crippen molar-refractivity contribution in [2.75, 3.05) is 32.0 Å². The predicted molar refractivity (Wildman–Crippen MR) is 166 cm³/mol. The number of allylic oxidation sites excluding steroid dienone is 1. The smallest absolute Gasteiger partial charge is 0.407 e. The molecule has 12 heteroatoms. The van der Waals surface area contributed by atoms with Gasteiger partial charge in [0.25, 0.3) is 5.56 Å². The first-order valence-electron chi connectivity index (χ1n) is 14.9. The molecule has 3 amide bonds. The van der Waals surface area contributed by atoms with Crippen LogP contribution in [-0.4, -0.2) is 74.0 Å². The lowest BCUT2D eigenvalue weighted by Gasteiger charge is -2.21. The molecular weight excluding hydrogens is 567 g/mol. The van der Waals surface area contributed by atoms with Gasteiger partial charge >= 0.3 is 6.09 Å². The van der Waals surface area contributed by atoms with Gasteiger partial charge in [-0.05, 0) is 67.4 Å². The third-order valence-electron chi connectivity index (χ3n) is 7.56. The largest absolute Gasteiger partial charge is 0.465 e. The molecule has 1 fully saturated rings. The molecule has 4 rings (SSSR count). The second kappa shape index (κ2) is 13.9. The van der Waals surface area contributed by atoms with E-state index in [2.05, 4.69) is 36.1 Å². The number of hydrogen-bond acceptors (Lipinski definition) is 5. The Morgan fingerprint density at radius 1 is 1.23 bits per heavy atom. The summed E-state index contributed by atoms with van der Waals surface area (Å²) in [6.45, 7) is 7.66. The molecule has 1 aliphatic rings. The maximum atomic E-state index is 14.3. The molecule has 3 N–H and O–H groups in total. The van der Waals surface area contributed by atoms with Gasteiger partial charge in [-0.25, -0.2) is 14.2 Å². The number of carbonyl (C=O) groups excluding carboxylic acids is 2. The van der Waals surface area contributed by atoms with E-state index in [0.717, 1.165) is 41.9 Å². The van der Waals surface area contributed by atoms with Crippen LogP contribution < -0.4 is 10.9 Å². The van der Waals surface area contributed by atoms with Gasteiger partial charge in [0.2, 0.25) is 11.8 Å². The van der Waals surface area contributed by atoms with Crippen molar-refractivity contribution >= 4 is 34.6 Å². The monoisotopic (exact) mass is 608 g/mol. The number of aromatic nitrogens is 3. The molecular formula is C32H41FN6O5. The van der Waals surface area contributed by atoms with E-state index in [1.807, 2.05) is 0 Å². The number of H-pyrrole nitrogens is 1. The Hall–Kier alpha value is -4.48. The minimum Gasteiger partial charge on any atom is -0.465 e. The molecule has 1 atom stereocenters. The van der Waals surface area contributed by atoms with E-state index in [-0.39, 0.29) is 42.3 Å². The van der Waals surface area contributed by atoms with Crippen molar-refractivity contribution in [3.63, 3.8) is 0 Å². The van der Waals surface area contributed by atoms with Crippen molar-refractivity contribution in [2.24, 2.45) is 11.3 Å². The molecule has 0 saturated carbocycles. The van der Waals surface area contributed by atoms with Gasteiger partial charge in [0.1, 0.15) is 17.3 Å². The molecule has 44 heavy (non-hydrogen) atoms. The number of nitrogens with zero attached hydrogens (tertiary/aromatic N) is 4. The number of likely N-dealkylation sites (tertiary alicyclic amines) is 1. The number of aromatic amines is 1. The number of anilines is 1. The van der Waals surface area contributed by atoms with E-state index < -0.39 is 23.5 Å². The van der Waals surface area contributed by atoms with Crippen LogP contribution in [0.3, 0.4) is 0 Å². The zero-order valence-corrected chi connectivity index (χ0v) is 25.7. The minimum absolute atomic E-state index is 0.0378. The Labute approximate surface area is 255 Å². The third kappa shape index (κ3) is 8.55. The van der Waals surface area contributed by atoms with Crippen LogP contribution in [0.4, 0.5) is 14.9 Å². The van der Waals surface area contributed by atoms with E-state index in [1.165, 1.54) is 35.9 Å². The minimum atomic E-state index is -1.18. The number of rotatable bonds is 11. The van der Waals surface area contributed by atoms with E-state index in [0.29, 0.717) is 24.2 Å². The van der Waals surface area contributed by atoms with Crippen molar-refractivity contribution in [3.8, 4) is 0 Å². The number of halogens is 1. The number of amides is 3. The topological polar surface area (TPSA) is 141 Å². The molecule has 3 aromatic rings. The van der Waals surface area contributed by atoms with Crippen LogP contribution >= 0.6 is 0 Å². The number of carboxylic acid groups (broad SMARTS) is 1. The average Bonchev–Trinajstić information content (AvgIpc) is 3.62. The van der Waals surface area contributed by atoms with E-state index in [4.69, 9.17) is 0 Å². The molecule has 3 heterocycles. The van der Waals surface area contributed by atoms with E-state index >= 15 is 0 Å². The van der Waals surface area contributed by atoms with Gasteiger partial charge in [-0.3, -0.25) is 14.4 Å². The van der Waals surface area contributed by atoms with E-state index in [9.17, 15) is 28.7 Å². The summed E-state index contributed by atoms with van der Waals surface area (Å²) in [5, 5.41) is 12.0. The van der Waals surface area contributed by atoms with Crippen LogP contribution in [0, 0.1) is 17.2 Å². The van der Waals surface area contributed by atoms with Crippen molar-refractivity contribution in [3.05, 3.63) is 70.2 Å². The zero-order chi connectivity index (χ0) is 32.0. The molecule has 236 valence electrons. The second-order valence-electron chi connectivity index (χ2n) is 12.6. The number of benzene rings is 1. The first-order valence-corrected chi connectivity index (χ1v) is 14.9. The molecule has 1 saturated heterocycles. The molecule has 1 aromatic carbocycles. The van der Waals surface area contributed by atoms with Crippen molar-refractivity contribution in [1.29, 1.82) is 0 Å². The van der Waals surface area contributed by atoms with Crippen LogP contribution in [0.15, 0.2) is 47.4 Å². The molecule has 0 spiro atoms. The van der Waals surface area contributed by atoms with Crippen LogP contribution in [0.5, 0.6) is 0 Å². The highest BCUT2D eigenvalue weighted by Crippen LogP contribution is 2.27. The number of hydrogen-bond donors (Lipinski definition) is 3. The second-order valence-corrected chi connectivity index (χ2v) is 12.6. The maximum Gasteiger partial charge on any atom is 0.407 e. The summed E-state index contributed by atoms with van der Waals surface area (Å²) in [7, 11) is 1.37. The number of nitrogens with one attached hydrogen (secondary N) is 2. The van der Waals surface area contributed by atoms with Gasteiger partial charge < -0.3 is 29.8 Å². The molecule has 0 radical (unpaired) electrons. The Kier molecular flexibility index (Phi) is 10.2. The maximum absolute atomic E-state index is 14.3. The van der Waals surface area contributed by atoms with Gasteiger partial charge in [0, 0.05) is 38.9 Å². The summed E-state index contributed by atoms with van der Waals surface area (Å²) in [6, 6.07) is 5.96. The molecule has 1 aliphatic heterocycles. The lowest BCUT2D eigenvalue weighted by atomic mass is 9.87. The highest BCUT2D eigenvalue weighted by Gasteiger charge is 2.24. The van der Waals surface area contributed by atoms with Crippen LogP contribution in [0.1, 0.15) is 57.8 Å². The Morgan fingerprint density at radius 2 is 1.95 bits per heavy atom. The first-order chi connectivity index (χ1) is 20.8. The number of pyridine rings is 1. The summed E-state index contributed by atoms with van der Waals surface area (Å²) in [6.07, 6.45) is 6.85. The van der Waals surface area contributed by atoms with Crippen molar-refractivity contribution < 1.29 is 23.9 Å².